The molecular weight excluding hydrogens is 242 g/mol. The molecule has 2 aromatic rings. The number of nitrogens with zero attached hydrogens (tertiary/aromatic N) is 1. The fourth-order valence-corrected chi connectivity index (χ4v) is 3.41. The second-order valence-electron chi connectivity index (χ2n) is 5.18. The van der Waals surface area contributed by atoms with Crippen LogP contribution in [0.2, 0.25) is 0 Å². The lowest BCUT2D eigenvalue weighted by Gasteiger charge is -2.28. The van der Waals surface area contributed by atoms with Crippen LogP contribution in [0.1, 0.15) is 36.4 Å². The molecule has 0 amide bonds. The zero-order valence-corrected chi connectivity index (χ0v) is 11.5. The largest absolute Gasteiger partial charge is 0.325 e. The molecule has 1 aliphatic heterocycles. The van der Waals surface area contributed by atoms with Gasteiger partial charge in [0.15, 0.2) is 0 Å². The summed E-state index contributed by atoms with van der Waals surface area (Å²) in [4.78, 5) is 4.57. The molecule has 1 fully saturated rings. The van der Waals surface area contributed by atoms with E-state index in [1.807, 2.05) is 0 Å². The van der Waals surface area contributed by atoms with Gasteiger partial charge in [0.1, 0.15) is 5.01 Å². The molecule has 3 rings (SSSR count). The molecule has 1 saturated heterocycles. The van der Waals surface area contributed by atoms with Crippen molar-refractivity contribution in [3.63, 3.8) is 0 Å². The summed E-state index contributed by atoms with van der Waals surface area (Å²) in [5.41, 5.74) is 8.11. The normalized spacial score (nSPS) is 24.6. The number of rotatable bonds is 2. The highest BCUT2D eigenvalue weighted by Gasteiger charge is 2.19. The summed E-state index contributed by atoms with van der Waals surface area (Å²) in [6, 6.07) is 7.13. The predicted molar refractivity (Wildman–Crippen MR) is 76.7 cm³/mol. The van der Waals surface area contributed by atoms with Crippen molar-refractivity contribution < 1.29 is 0 Å². The van der Waals surface area contributed by atoms with E-state index in [0.717, 1.165) is 23.0 Å². The van der Waals surface area contributed by atoms with Gasteiger partial charge >= 0.3 is 0 Å². The number of hydrogen-bond acceptors (Lipinski definition) is 4. The number of nitrogens with one attached hydrogen (secondary N) is 1. The quantitative estimate of drug-likeness (QED) is 0.874. The Balaban J connectivity index is 1.88. The molecule has 2 heterocycles. The van der Waals surface area contributed by atoms with E-state index >= 15 is 0 Å². The Morgan fingerprint density at radius 2 is 2.33 bits per heavy atom. The van der Waals surface area contributed by atoms with Crippen LogP contribution in [0.5, 0.6) is 0 Å². The van der Waals surface area contributed by atoms with Crippen molar-refractivity contribution >= 4 is 21.6 Å². The molecular formula is C14H19N3S. The highest BCUT2D eigenvalue weighted by Crippen LogP contribution is 2.29. The van der Waals surface area contributed by atoms with E-state index in [1.54, 1.807) is 11.3 Å². The highest BCUT2D eigenvalue weighted by molar-refractivity contribution is 7.18. The zero-order chi connectivity index (χ0) is 12.5. The first-order chi connectivity index (χ1) is 8.76. The minimum Gasteiger partial charge on any atom is -0.325 e. The minimum atomic E-state index is 0.494. The van der Waals surface area contributed by atoms with E-state index in [-0.39, 0.29) is 0 Å². The molecule has 1 aromatic carbocycles. The van der Waals surface area contributed by atoms with E-state index in [2.05, 4.69) is 35.4 Å². The molecule has 96 valence electrons. The van der Waals surface area contributed by atoms with Gasteiger partial charge in [0, 0.05) is 12.6 Å². The summed E-state index contributed by atoms with van der Waals surface area (Å²) >= 11 is 1.70. The van der Waals surface area contributed by atoms with Crippen molar-refractivity contribution in [1.82, 2.24) is 10.3 Å². The van der Waals surface area contributed by atoms with Crippen molar-refractivity contribution in [2.24, 2.45) is 11.7 Å². The number of hydrogen-bond donors (Lipinski definition) is 2. The first kappa shape index (κ1) is 12.1. The van der Waals surface area contributed by atoms with Gasteiger partial charge in [0.25, 0.3) is 0 Å². The van der Waals surface area contributed by atoms with E-state index < -0.39 is 0 Å². The lowest BCUT2D eigenvalue weighted by Crippen LogP contribution is -2.31. The van der Waals surface area contributed by atoms with Crippen LogP contribution in [0.15, 0.2) is 18.2 Å². The Kier molecular flexibility index (Phi) is 3.33. The summed E-state index contributed by atoms with van der Waals surface area (Å²) in [6.45, 7) is 3.96. The third kappa shape index (κ3) is 2.28. The summed E-state index contributed by atoms with van der Waals surface area (Å²) in [5, 5.41) is 4.64. The number of aromatic nitrogens is 1. The Bertz CT molecular complexity index is 541. The van der Waals surface area contributed by atoms with Gasteiger partial charge in [-0.15, -0.1) is 11.3 Å². The van der Waals surface area contributed by atoms with Crippen molar-refractivity contribution in [2.75, 3.05) is 6.54 Å². The van der Waals surface area contributed by atoms with Gasteiger partial charge in [0.05, 0.1) is 10.2 Å². The van der Waals surface area contributed by atoms with Crippen LogP contribution in [0, 0.1) is 5.92 Å². The standard InChI is InChI=1S/C14H19N3S/c1-9-2-4-11(16-8-9)10-3-5-13-12(6-10)17-14(7-15)18-13/h3,5-6,9,11,16H,2,4,7-8,15H2,1H3/t9-,11+/m0/s1. The summed E-state index contributed by atoms with van der Waals surface area (Å²) < 4.78 is 1.24. The van der Waals surface area contributed by atoms with Crippen LogP contribution < -0.4 is 11.1 Å². The van der Waals surface area contributed by atoms with Gasteiger partial charge in [-0.25, -0.2) is 4.98 Å². The van der Waals surface area contributed by atoms with Crippen molar-refractivity contribution in [2.45, 2.75) is 32.4 Å². The fraction of sp³-hybridized carbons (Fsp3) is 0.500. The van der Waals surface area contributed by atoms with Crippen molar-refractivity contribution in [3.05, 3.63) is 28.8 Å². The molecule has 3 nitrogen and oxygen atoms in total. The SMILES string of the molecule is C[C@H]1CC[C@H](c2ccc3sc(CN)nc3c2)NC1. The molecule has 3 N–H and O–H groups in total. The van der Waals surface area contributed by atoms with Crippen LogP contribution in [-0.4, -0.2) is 11.5 Å². The number of nitrogens with two attached hydrogens (primary N) is 1. The second-order valence-corrected chi connectivity index (χ2v) is 6.30. The smallest absolute Gasteiger partial charge is 0.107 e. The van der Waals surface area contributed by atoms with Crippen LogP contribution in [0.3, 0.4) is 0 Å². The molecule has 2 atom stereocenters. The highest BCUT2D eigenvalue weighted by atomic mass is 32.1. The number of benzene rings is 1. The maximum atomic E-state index is 5.65. The number of fused-ring (bicyclic) bond motifs is 1. The molecule has 0 spiro atoms. The summed E-state index contributed by atoms with van der Waals surface area (Å²) in [5.74, 6) is 0.799. The van der Waals surface area contributed by atoms with Crippen molar-refractivity contribution in [1.29, 1.82) is 0 Å². The first-order valence-corrected chi connectivity index (χ1v) is 7.40. The molecule has 0 unspecified atom stereocenters. The third-order valence-electron chi connectivity index (χ3n) is 3.69. The number of thiazole rings is 1. The lowest BCUT2D eigenvalue weighted by atomic mass is 9.92. The average molecular weight is 261 g/mol. The molecule has 0 bridgehead atoms. The Hall–Kier alpha value is -0.970. The zero-order valence-electron chi connectivity index (χ0n) is 10.6. The van der Waals surface area contributed by atoms with Gasteiger partial charge in [0.2, 0.25) is 0 Å². The summed E-state index contributed by atoms with van der Waals surface area (Å²) in [7, 11) is 0. The van der Waals surface area contributed by atoms with Crippen LogP contribution >= 0.6 is 11.3 Å². The maximum absolute atomic E-state index is 5.65. The minimum absolute atomic E-state index is 0.494. The average Bonchev–Trinajstić information content (AvgIpc) is 2.81. The summed E-state index contributed by atoms with van der Waals surface area (Å²) in [6.07, 6.45) is 2.53. The van der Waals surface area contributed by atoms with E-state index in [0.29, 0.717) is 12.6 Å². The monoisotopic (exact) mass is 261 g/mol. The van der Waals surface area contributed by atoms with Gasteiger partial charge in [-0.3, -0.25) is 0 Å². The van der Waals surface area contributed by atoms with Gasteiger partial charge in [-0.1, -0.05) is 13.0 Å². The number of piperidine rings is 1. The van der Waals surface area contributed by atoms with Gasteiger partial charge in [-0.05, 0) is 43.0 Å². The van der Waals surface area contributed by atoms with Gasteiger partial charge < -0.3 is 11.1 Å². The molecule has 1 aliphatic rings. The van der Waals surface area contributed by atoms with E-state index in [4.69, 9.17) is 5.73 Å². The Labute approximate surface area is 111 Å². The third-order valence-corrected chi connectivity index (χ3v) is 4.75. The van der Waals surface area contributed by atoms with Crippen LogP contribution in [0.4, 0.5) is 0 Å². The molecule has 1 aromatic heterocycles. The Morgan fingerprint density at radius 3 is 3.06 bits per heavy atom. The maximum Gasteiger partial charge on any atom is 0.107 e. The lowest BCUT2D eigenvalue weighted by molar-refractivity contribution is 0.333. The topological polar surface area (TPSA) is 50.9 Å². The van der Waals surface area contributed by atoms with E-state index in [1.165, 1.54) is 23.1 Å². The molecule has 0 saturated carbocycles. The predicted octanol–water partition coefficient (Wildman–Crippen LogP) is 2.82. The Morgan fingerprint density at radius 1 is 1.44 bits per heavy atom. The fourth-order valence-electron chi connectivity index (χ4n) is 2.58. The van der Waals surface area contributed by atoms with Crippen LogP contribution in [-0.2, 0) is 6.54 Å². The molecule has 0 radical (unpaired) electrons. The second kappa shape index (κ2) is 4.96. The molecule has 18 heavy (non-hydrogen) atoms. The van der Waals surface area contributed by atoms with E-state index in [9.17, 15) is 0 Å². The first-order valence-electron chi connectivity index (χ1n) is 6.59. The molecule has 4 heteroatoms. The van der Waals surface area contributed by atoms with Gasteiger partial charge in [-0.2, -0.15) is 0 Å². The van der Waals surface area contributed by atoms with Crippen LogP contribution in [0.25, 0.3) is 10.2 Å². The van der Waals surface area contributed by atoms with Crippen molar-refractivity contribution in [3.8, 4) is 0 Å². The molecule has 0 aliphatic carbocycles.